The second kappa shape index (κ2) is 6.76. The zero-order valence-corrected chi connectivity index (χ0v) is 12.7. The fourth-order valence-electron chi connectivity index (χ4n) is 3.11. The number of carbonyl (C=O) groups is 1. The molecule has 0 spiro atoms. The van der Waals surface area contributed by atoms with Crippen LogP contribution in [0.4, 0.5) is 10.5 Å². The van der Waals surface area contributed by atoms with Crippen LogP contribution in [0, 0.1) is 13.8 Å². The predicted molar refractivity (Wildman–Crippen MR) is 85.8 cm³/mol. The number of hydrogen-bond acceptors (Lipinski definition) is 2. The van der Waals surface area contributed by atoms with Crippen LogP contribution in [-0.4, -0.2) is 23.3 Å². The molecule has 1 amide bonds. The molecule has 4 heteroatoms. The van der Waals surface area contributed by atoms with E-state index in [4.69, 9.17) is 5.73 Å². The first kappa shape index (κ1) is 15.6. The summed E-state index contributed by atoms with van der Waals surface area (Å²) in [5.41, 5.74) is 9.02. The third kappa shape index (κ3) is 3.45. The Morgan fingerprint density at radius 3 is 2.33 bits per heavy atom. The molecule has 114 valence electrons. The Morgan fingerprint density at radius 1 is 1.19 bits per heavy atom. The minimum atomic E-state index is -0.919. The van der Waals surface area contributed by atoms with Crippen molar-refractivity contribution in [2.24, 2.45) is 5.73 Å². The number of carboxylic acid groups (broad SMARTS) is 1. The second-order valence-electron chi connectivity index (χ2n) is 5.75. The van der Waals surface area contributed by atoms with Gasteiger partial charge < -0.3 is 10.8 Å². The summed E-state index contributed by atoms with van der Waals surface area (Å²) in [6.07, 6.45) is 6.71. The summed E-state index contributed by atoms with van der Waals surface area (Å²) < 4.78 is 0. The van der Waals surface area contributed by atoms with Crippen molar-refractivity contribution in [3.63, 3.8) is 0 Å². The third-order valence-electron chi connectivity index (χ3n) is 4.17. The van der Waals surface area contributed by atoms with E-state index >= 15 is 0 Å². The molecule has 2 unspecified atom stereocenters. The summed E-state index contributed by atoms with van der Waals surface area (Å²) in [7, 11) is 0. The molecule has 0 bridgehead atoms. The molecule has 0 heterocycles. The Morgan fingerprint density at radius 2 is 1.76 bits per heavy atom. The van der Waals surface area contributed by atoms with Crippen LogP contribution in [0.1, 0.15) is 36.8 Å². The summed E-state index contributed by atoms with van der Waals surface area (Å²) in [5.74, 6) is 0. The zero-order valence-electron chi connectivity index (χ0n) is 12.7. The Balaban J connectivity index is 2.42. The molecule has 0 fully saturated rings. The Labute approximate surface area is 126 Å². The van der Waals surface area contributed by atoms with E-state index in [2.05, 4.69) is 12.2 Å². The van der Waals surface area contributed by atoms with Gasteiger partial charge in [-0.25, -0.2) is 4.79 Å². The summed E-state index contributed by atoms with van der Waals surface area (Å²) in [4.78, 5) is 13.4. The average molecular weight is 288 g/mol. The van der Waals surface area contributed by atoms with Gasteiger partial charge in [0.2, 0.25) is 0 Å². The van der Waals surface area contributed by atoms with Gasteiger partial charge in [0, 0.05) is 6.04 Å². The lowest BCUT2D eigenvalue weighted by atomic mass is 9.93. The monoisotopic (exact) mass is 288 g/mol. The van der Waals surface area contributed by atoms with Crippen LogP contribution < -0.4 is 10.6 Å². The van der Waals surface area contributed by atoms with Gasteiger partial charge >= 0.3 is 6.09 Å². The van der Waals surface area contributed by atoms with Crippen LogP contribution in [0.3, 0.4) is 0 Å². The Hall–Kier alpha value is -1.81. The van der Waals surface area contributed by atoms with Crippen molar-refractivity contribution in [1.29, 1.82) is 0 Å². The summed E-state index contributed by atoms with van der Waals surface area (Å²) in [6.45, 7) is 3.90. The van der Waals surface area contributed by atoms with Gasteiger partial charge in [0.15, 0.2) is 0 Å². The first-order valence-corrected chi connectivity index (χ1v) is 7.51. The molecule has 1 aromatic carbocycles. The Kier molecular flexibility index (Phi) is 5.02. The SMILES string of the molecule is Cc1cccc(C)c1N(C(=O)O)C1CC/C=C/CCC1N. The van der Waals surface area contributed by atoms with E-state index in [1.54, 1.807) is 0 Å². The lowest BCUT2D eigenvalue weighted by Gasteiger charge is -2.36. The maximum atomic E-state index is 11.9. The van der Waals surface area contributed by atoms with E-state index in [0.717, 1.165) is 42.5 Å². The molecule has 0 aliphatic heterocycles. The van der Waals surface area contributed by atoms with Gasteiger partial charge in [0.1, 0.15) is 0 Å². The minimum absolute atomic E-state index is 0.134. The highest BCUT2D eigenvalue weighted by Gasteiger charge is 2.31. The molecule has 0 saturated heterocycles. The summed E-state index contributed by atoms with van der Waals surface area (Å²) in [6, 6.07) is 5.55. The van der Waals surface area contributed by atoms with Crippen LogP contribution >= 0.6 is 0 Å². The van der Waals surface area contributed by atoms with Gasteiger partial charge in [-0.15, -0.1) is 0 Å². The molecule has 1 aromatic rings. The first-order valence-electron chi connectivity index (χ1n) is 7.51. The molecule has 2 rings (SSSR count). The molecular weight excluding hydrogens is 264 g/mol. The van der Waals surface area contributed by atoms with E-state index in [9.17, 15) is 9.90 Å². The van der Waals surface area contributed by atoms with Crippen LogP contribution in [0.5, 0.6) is 0 Å². The van der Waals surface area contributed by atoms with Crippen molar-refractivity contribution in [1.82, 2.24) is 0 Å². The van der Waals surface area contributed by atoms with Gasteiger partial charge in [-0.2, -0.15) is 0 Å². The van der Waals surface area contributed by atoms with Crippen LogP contribution in [0.25, 0.3) is 0 Å². The number of amides is 1. The van der Waals surface area contributed by atoms with E-state index in [1.807, 2.05) is 32.0 Å². The van der Waals surface area contributed by atoms with Crippen LogP contribution in [0.15, 0.2) is 30.4 Å². The number of hydrogen-bond donors (Lipinski definition) is 2. The van der Waals surface area contributed by atoms with E-state index in [0.29, 0.717) is 0 Å². The standard InChI is InChI=1S/C17H24N2O2/c1-12-8-7-9-13(2)16(12)19(17(20)21)15-11-6-4-3-5-10-14(15)18/h3-4,7-9,14-15H,5-6,10-11,18H2,1-2H3,(H,20,21)/b4-3+. The quantitative estimate of drug-likeness (QED) is 0.817. The highest BCUT2D eigenvalue weighted by atomic mass is 16.4. The van der Waals surface area contributed by atoms with Gasteiger partial charge in [-0.05, 0) is 50.7 Å². The molecule has 3 N–H and O–H groups in total. The predicted octanol–water partition coefficient (Wildman–Crippen LogP) is 3.61. The number of anilines is 1. The molecule has 1 aliphatic rings. The molecule has 0 aromatic heterocycles. The molecule has 0 radical (unpaired) electrons. The maximum Gasteiger partial charge on any atom is 0.412 e. The minimum Gasteiger partial charge on any atom is -0.465 e. The average Bonchev–Trinajstić information content (AvgIpc) is 2.40. The smallest absolute Gasteiger partial charge is 0.412 e. The second-order valence-corrected chi connectivity index (χ2v) is 5.75. The van der Waals surface area contributed by atoms with Crippen molar-refractivity contribution in [2.75, 3.05) is 4.90 Å². The van der Waals surface area contributed by atoms with Crippen LogP contribution in [-0.2, 0) is 0 Å². The first-order chi connectivity index (χ1) is 10.0. The molecule has 4 nitrogen and oxygen atoms in total. The lowest BCUT2D eigenvalue weighted by molar-refractivity contribution is 0.196. The normalized spacial score (nSPS) is 24.0. The van der Waals surface area contributed by atoms with Gasteiger partial charge in [0.05, 0.1) is 11.7 Å². The number of aryl methyl sites for hydroxylation is 2. The number of nitrogens with two attached hydrogens (primary N) is 1. The number of allylic oxidation sites excluding steroid dienone is 2. The van der Waals surface area contributed by atoms with E-state index in [-0.39, 0.29) is 12.1 Å². The fraction of sp³-hybridized carbons (Fsp3) is 0.471. The molecule has 1 aliphatic carbocycles. The van der Waals surface area contributed by atoms with E-state index in [1.165, 1.54) is 4.90 Å². The number of para-hydroxylation sites is 1. The van der Waals surface area contributed by atoms with Crippen molar-refractivity contribution in [3.05, 3.63) is 41.5 Å². The summed E-state index contributed by atoms with van der Waals surface area (Å²) >= 11 is 0. The largest absolute Gasteiger partial charge is 0.465 e. The van der Waals surface area contributed by atoms with Crippen molar-refractivity contribution >= 4 is 11.8 Å². The van der Waals surface area contributed by atoms with Crippen molar-refractivity contribution in [3.8, 4) is 0 Å². The molecule has 2 atom stereocenters. The van der Waals surface area contributed by atoms with Crippen molar-refractivity contribution < 1.29 is 9.90 Å². The number of nitrogens with zero attached hydrogens (tertiary/aromatic N) is 1. The zero-order chi connectivity index (χ0) is 15.4. The van der Waals surface area contributed by atoms with Gasteiger partial charge in [-0.3, -0.25) is 4.90 Å². The Bertz CT molecular complexity index is 519. The summed E-state index contributed by atoms with van der Waals surface area (Å²) in [5, 5.41) is 9.76. The molecule has 0 saturated carbocycles. The topological polar surface area (TPSA) is 66.6 Å². The van der Waals surface area contributed by atoms with E-state index < -0.39 is 6.09 Å². The molecular formula is C17H24N2O2. The number of rotatable bonds is 2. The highest BCUT2D eigenvalue weighted by Crippen LogP contribution is 2.30. The van der Waals surface area contributed by atoms with Gasteiger partial charge in [0.25, 0.3) is 0 Å². The fourth-order valence-corrected chi connectivity index (χ4v) is 3.11. The van der Waals surface area contributed by atoms with Crippen LogP contribution in [0.2, 0.25) is 0 Å². The third-order valence-corrected chi connectivity index (χ3v) is 4.17. The maximum absolute atomic E-state index is 11.9. The number of benzene rings is 1. The lowest BCUT2D eigenvalue weighted by Crippen LogP contribution is -2.51. The highest BCUT2D eigenvalue weighted by molar-refractivity contribution is 5.89. The van der Waals surface area contributed by atoms with Crippen molar-refractivity contribution in [2.45, 2.75) is 51.6 Å². The molecule has 21 heavy (non-hydrogen) atoms. The van der Waals surface area contributed by atoms with Gasteiger partial charge in [-0.1, -0.05) is 30.4 Å².